The minimum absolute atomic E-state index is 0.167. The molecule has 0 aromatic carbocycles. The highest BCUT2D eigenvalue weighted by Crippen LogP contribution is 2.24. The Morgan fingerprint density at radius 3 is 3.05 bits per heavy atom. The fourth-order valence-corrected chi connectivity index (χ4v) is 3.08. The SMILES string of the molecule is OC(CNCC1CCCC1O)COCc1cccs1. The van der Waals surface area contributed by atoms with Crippen LogP contribution >= 0.6 is 11.3 Å². The van der Waals surface area contributed by atoms with Gasteiger partial charge in [0.1, 0.15) is 0 Å². The van der Waals surface area contributed by atoms with Crippen molar-refractivity contribution in [1.82, 2.24) is 5.32 Å². The van der Waals surface area contributed by atoms with E-state index in [1.165, 1.54) is 4.88 Å². The van der Waals surface area contributed by atoms with Crippen LogP contribution in [0, 0.1) is 5.92 Å². The molecule has 3 N–H and O–H groups in total. The van der Waals surface area contributed by atoms with Gasteiger partial charge in [0.25, 0.3) is 0 Å². The van der Waals surface area contributed by atoms with Crippen LogP contribution < -0.4 is 5.32 Å². The number of aliphatic hydroxyl groups excluding tert-OH is 2. The molecule has 1 aromatic rings. The van der Waals surface area contributed by atoms with Crippen LogP contribution in [0.3, 0.4) is 0 Å². The van der Waals surface area contributed by atoms with Crippen molar-refractivity contribution in [3.8, 4) is 0 Å². The Morgan fingerprint density at radius 1 is 1.47 bits per heavy atom. The molecule has 0 spiro atoms. The van der Waals surface area contributed by atoms with Crippen molar-refractivity contribution in [3.63, 3.8) is 0 Å². The molecule has 1 fully saturated rings. The first kappa shape index (κ1) is 14.9. The quantitative estimate of drug-likeness (QED) is 0.675. The van der Waals surface area contributed by atoms with Gasteiger partial charge in [0, 0.05) is 18.0 Å². The molecule has 1 aliphatic carbocycles. The first-order chi connectivity index (χ1) is 9.25. The molecule has 1 aliphatic rings. The summed E-state index contributed by atoms with van der Waals surface area (Å²) in [5, 5.41) is 24.7. The van der Waals surface area contributed by atoms with Gasteiger partial charge in [-0.05, 0) is 30.2 Å². The van der Waals surface area contributed by atoms with Crippen molar-refractivity contribution in [2.75, 3.05) is 19.7 Å². The molecule has 0 aliphatic heterocycles. The standard InChI is InChI=1S/C14H23NO3S/c16-12(9-18-10-13-4-2-6-19-13)8-15-7-11-3-1-5-14(11)17/h2,4,6,11-12,14-17H,1,3,5,7-10H2. The Kier molecular flexibility index (Phi) is 6.26. The van der Waals surface area contributed by atoms with E-state index < -0.39 is 6.10 Å². The highest BCUT2D eigenvalue weighted by atomic mass is 32.1. The summed E-state index contributed by atoms with van der Waals surface area (Å²) in [6.07, 6.45) is 2.45. The minimum atomic E-state index is -0.487. The zero-order valence-electron chi connectivity index (χ0n) is 11.1. The molecular formula is C14H23NO3S. The van der Waals surface area contributed by atoms with Gasteiger partial charge in [-0.2, -0.15) is 0 Å². The van der Waals surface area contributed by atoms with Crippen molar-refractivity contribution in [2.24, 2.45) is 5.92 Å². The minimum Gasteiger partial charge on any atom is -0.393 e. The number of ether oxygens (including phenoxy) is 1. The molecule has 0 saturated heterocycles. The average Bonchev–Trinajstić information content (AvgIpc) is 3.02. The van der Waals surface area contributed by atoms with E-state index in [0.717, 1.165) is 25.8 Å². The van der Waals surface area contributed by atoms with Gasteiger partial charge in [-0.15, -0.1) is 11.3 Å². The fourth-order valence-electron chi connectivity index (χ4n) is 2.44. The molecule has 3 unspecified atom stereocenters. The van der Waals surface area contributed by atoms with E-state index in [9.17, 15) is 10.2 Å². The Balaban J connectivity index is 1.51. The molecule has 0 bridgehead atoms. The number of aliphatic hydroxyl groups is 2. The maximum atomic E-state index is 9.77. The first-order valence-electron chi connectivity index (χ1n) is 6.92. The second kappa shape index (κ2) is 7.97. The second-order valence-electron chi connectivity index (χ2n) is 5.16. The van der Waals surface area contributed by atoms with Gasteiger partial charge in [0.2, 0.25) is 0 Å². The number of hydrogen-bond acceptors (Lipinski definition) is 5. The van der Waals surface area contributed by atoms with Crippen molar-refractivity contribution < 1.29 is 14.9 Å². The molecule has 4 nitrogen and oxygen atoms in total. The summed E-state index contributed by atoms with van der Waals surface area (Å²) in [6.45, 7) is 2.21. The predicted molar refractivity (Wildman–Crippen MR) is 76.2 cm³/mol. The van der Waals surface area contributed by atoms with E-state index in [-0.39, 0.29) is 6.10 Å². The van der Waals surface area contributed by atoms with Crippen molar-refractivity contribution in [1.29, 1.82) is 0 Å². The maximum Gasteiger partial charge on any atom is 0.0897 e. The van der Waals surface area contributed by atoms with Crippen molar-refractivity contribution in [2.45, 2.75) is 38.1 Å². The summed E-state index contributed by atoms with van der Waals surface area (Å²) in [4.78, 5) is 1.18. The van der Waals surface area contributed by atoms with E-state index in [1.807, 2.05) is 17.5 Å². The van der Waals surface area contributed by atoms with Gasteiger partial charge < -0.3 is 20.3 Å². The van der Waals surface area contributed by atoms with Crippen LogP contribution in [0.15, 0.2) is 17.5 Å². The predicted octanol–water partition coefficient (Wildman–Crippen LogP) is 1.38. The van der Waals surface area contributed by atoms with E-state index >= 15 is 0 Å². The lowest BCUT2D eigenvalue weighted by molar-refractivity contribution is 0.0286. The van der Waals surface area contributed by atoms with Crippen LogP contribution in [-0.4, -0.2) is 42.1 Å². The molecule has 19 heavy (non-hydrogen) atoms. The smallest absolute Gasteiger partial charge is 0.0897 e. The highest BCUT2D eigenvalue weighted by Gasteiger charge is 2.24. The molecule has 0 radical (unpaired) electrons. The summed E-state index contributed by atoms with van der Waals surface area (Å²) < 4.78 is 5.45. The highest BCUT2D eigenvalue weighted by molar-refractivity contribution is 7.09. The van der Waals surface area contributed by atoms with Crippen LogP contribution in [0.1, 0.15) is 24.1 Å². The number of nitrogens with one attached hydrogen (secondary N) is 1. The Labute approximate surface area is 118 Å². The summed E-state index contributed by atoms with van der Waals surface area (Å²) in [7, 11) is 0. The zero-order chi connectivity index (χ0) is 13.5. The van der Waals surface area contributed by atoms with Crippen LogP contribution in [0.25, 0.3) is 0 Å². The number of rotatable bonds is 8. The third-order valence-electron chi connectivity index (χ3n) is 3.54. The van der Waals surface area contributed by atoms with E-state index in [2.05, 4.69) is 5.32 Å². The van der Waals surface area contributed by atoms with Gasteiger partial charge in [0.15, 0.2) is 0 Å². The van der Waals surface area contributed by atoms with Gasteiger partial charge in [-0.3, -0.25) is 0 Å². The molecule has 3 atom stereocenters. The molecule has 5 heteroatoms. The lowest BCUT2D eigenvalue weighted by Crippen LogP contribution is -2.35. The first-order valence-corrected chi connectivity index (χ1v) is 7.80. The lowest BCUT2D eigenvalue weighted by atomic mass is 10.1. The van der Waals surface area contributed by atoms with E-state index in [0.29, 0.717) is 25.7 Å². The summed E-state index contributed by atoms with van der Waals surface area (Å²) in [5.41, 5.74) is 0. The molecule has 2 rings (SSSR count). The molecule has 1 saturated carbocycles. The van der Waals surface area contributed by atoms with E-state index in [4.69, 9.17) is 4.74 Å². The van der Waals surface area contributed by atoms with Crippen LogP contribution in [-0.2, 0) is 11.3 Å². The van der Waals surface area contributed by atoms with Crippen LogP contribution in [0.4, 0.5) is 0 Å². The lowest BCUT2D eigenvalue weighted by Gasteiger charge is -2.17. The molecule has 1 heterocycles. The number of thiophene rings is 1. The summed E-state index contributed by atoms with van der Waals surface area (Å²) in [6, 6.07) is 4.02. The summed E-state index contributed by atoms with van der Waals surface area (Å²) in [5.74, 6) is 0.347. The Morgan fingerprint density at radius 2 is 2.37 bits per heavy atom. The number of hydrogen-bond donors (Lipinski definition) is 3. The van der Waals surface area contributed by atoms with Gasteiger partial charge >= 0.3 is 0 Å². The zero-order valence-corrected chi connectivity index (χ0v) is 11.9. The topological polar surface area (TPSA) is 61.7 Å². The maximum absolute atomic E-state index is 9.77. The van der Waals surface area contributed by atoms with Crippen LogP contribution in [0.5, 0.6) is 0 Å². The van der Waals surface area contributed by atoms with Crippen molar-refractivity contribution in [3.05, 3.63) is 22.4 Å². The van der Waals surface area contributed by atoms with E-state index in [1.54, 1.807) is 11.3 Å². The summed E-state index contributed by atoms with van der Waals surface area (Å²) >= 11 is 1.66. The molecule has 0 amide bonds. The third-order valence-corrected chi connectivity index (χ3v) is 4.39. The molecule has 108 valence electrons. The van der Waals surface area contributed by atoms with Gasteiger partial charge in [-0.25, -0.2) is 0 Å². The second-order valence-corrected chi connectivity index (χ2v) is 6.20. The normalized spacial score (nSPS) is 24.7. The van der Waals surface area contributed by atoms with Crippen LogP contribution in [0.2, 0.25) is 0 Å². The molecule has 1 aromatic heterocycles. The largest absolute Gasteiger partial charge is 0.393 e. The average molecular weight is 285 g/mol. The monoisotopic (exact) mass is 285 g/mol. The fraction of sp³-hybridized carbons (Fsp3) is 0.714. The van der Waals surface area contributed by atoms with Crippen molar-refractivity contribution >= 4 is 11.3 Å². The van der Waals surface area contributed by atoms with Gasteiger partial charge in [0.05, 0.1) is 25.4 Å². The Bertz CT molecular complexity index is 344. The van der Waals surface area contributed by atoms with Gasteiger partial charge in [-0.1, -0.05) is 12.5 Å². The molecular weight excluding hydrogens is 262 g/mol. The Hall–Kier alpha value is -0.460. The third kappa shape index (κ3) is 5.20.